The summed E-state index contributed by atoms with van der Waals surface area (Å²) in [5.41, 5.74) is 0. The monoisotopic (exact) mass is 1160 g/mol. The number of hydrogen-bond acceptors (Lipinski definition) is 14. The van der Waals surface area contributed by atoms with Crippen molar-refractivity contribution in [1.29, 1.82) is 0 Å². The van der Waals surface area contributed by atoms with Gasteiger partial charge in [-0.3, -0.25) is 43.2 Å². The standard InChI is InChI=1S/C57H96F3N7O14/c1-37(2)44(54(75)66-26-13-21-45(66)53(74)65-49(39(5)6)51(72)57(58,59)60)36-43(70)20-16-29-79-34-35-81-31-25-62-56(77)61-24-12-10-11-18-42(69)19-15-28-78-32-33-80-30-17-23-47(71)63-50(40(7)8)55(76)67-27-14-22-46(67)52(73)64-48(38(3)4)41(9)68/h37-40,44-46,48-50H,10-36H2,1-9H3,(H,63,71)(H,64,73)(H,65,74)(H2,61,62,77)/t44-,45?,46-,48?,49?,50-/m0/s1. The Hall–Kier alpha value is -5.07. The lowest BCUT2D eigenvalue weighted by molar-refractivity contribution is -0.175. The van der Waals surface area contributed by atoms with Crippen molar-refractivity contribution >= 4 is 58.7 Å². The molecule has 464 valence electrons. The molecule has 81 heavy (non-hydrogen) atoms. The molecule has 6 atom stereocenters. The van der Waals surface area contributed by atoms with Gasteiger partial charge in [0.25, 0.3) is 5.78 Å². The lowest BCUT2D eigenvalue weighted by Gasteiger charge is -2.31. The molecule has 5 N–H and O–H groups in total. The number of ether oxygens (including phenoxy) is 4. The molecule has 2 rings (SSSR count). The Morgan fingerprint density at radius 3 is 1.44 bits per heavy atom. The van der Waals surface area contributed by atoms with E-state index >= 15 is 0 Å². The minimum atomic E-state index is -5.12. The topological polar surface area (TPSA) is 274 Å². The number of rotatable bonds is 42. The van der Waals surface area contributed by atoms with Gasteiger partial charge in [-0.1, -0.05) is 61.8 Å². The molecule has 0 aromatic heterocycles. The third-order valence-corrected chi connectivity index (χ3v) is 14.3. The average molecular weight is 1160 g/mol. The number of likely N-dealkylation sites (tertiary alicyclic amines) is 2. The van der Waals surface area contributed by atoms with E-state index in [1.54, 1.807) is 13.8 Å². The first-order valence-electron chi connectivity index (χ1n) is 29.3. The number of hydrogen-bond donors (Lipinski definition) is 5. The average Bonchev–Trinajstić information content (AvgIpc) is 4.22. The summed E-state index contributed by atoms with van der Waals surface area (Å²) in [7, 11) is 0. The highest BCUT2D eigenvalue weighted by atomic mass is 19.4. The molecule has 0 spiro atoms. The lowest BCUT2D eigenvalue weighted by atomic mass is 9.88. The van der Waals surface area contributed by atoms with Crippen molar-refractivity contribution in [3.63, 3.8) is 0 Å². The highest BCUT2D eigenvalue weighted by molar-refractivity contribution is 5.97. The van der Waals surface area contributed by atoms with Crippen molar-refractivity contribution in [2.24, 2.45) is 29.6 Å². The predicted molar refractivity (Wildman–Crippen MR) is 295 cm³/mol. The van der Waals surface area contributed by atoms with Gasteiger partial charge in [-0.05, 0) is 88.4 Å². The minimum Gasteiger partial charge on any atom is -0.379 e. The maximum absolute atomic E-state index is 13.6. The quantitative estimate of drug-likeness (QED) is 0.0493. The van der Waals surface area contributed by atoms with E-state index in [-0.39, 0.29) is 124 Å². The van der Waals surface area contributed by atoms with Crippen molar-refractivity contribution in [3.8, 4) is 0 Å². The van der Waals surface area contributed by atoms with Crippen molar-refractivity contribution in [2.45, 2.75) is 195 Å². The number of halogens is 3. The molecular weight excluding hydrogens is 1060 g/mol. The molecule has 2 saturated heterocycles. The number of alkyl halides is 3. The van der Waals surface area contributed by atoms with Crippen LogP contribution in [0.25, 0.3) is 0 Å². The van der Waals surface area contributed by atoms with E-state index in [0.29, 0.717) is 97.3 Å². The van der Waals surface area contributed by atoms with Crippen LogP contribution in [0.15, 0.2) is 0 Å². The molecule has 2 aliphatic heterocycles. The van der Waals surface area contributed by atoms with Crippen LogP contribution in [0.2, 0.25) is 0 Å². The zero-order valence-electron chi connectivity index (χ0n) is 49.6. The molecule has 21 nitrogen and oxygen atoms in total. The number of nitrogens with zero attached hydrogens (tertiary/aromatic N) is 2. The summed E-state index contributed by atoms with van der Waals surface area (Å²) in [4.78, 5) is 130. The van der Waals surface area contributed by atoms with Crippen LogP contribution in [-0.2, 0) is 62.1 Å². The van der Waals surface area contributed by atoms with Crippen LogP contribution in [0.1, 0.15) is 159 Å². The van der Waals surface area contributed by atoms with Gasteiger partial charge in [-0.15, -0.1) is 0 Å². The van der Waals surface area contributed by atoms with Gasteiger partial charge in [0.2, 0.25) is 29.5 Å². The first-order chi connectivity index (χ1) is 38.3. The largest absolute Gasteiger partial charge is 0.452 e. The fraction of sp³-hybridized carbons (Fsp3) is 0.825. The summed E-state index contributed by atoms with van der Waals surface area (Å²) in [5.74, 6) is -6.52. The molecule has 2 fully saturated rings. The normalized spacial score (nSPS) is 17.0. The summed E-state index contributed by atoms with van der Waals surface area (Å²) >= 11 is 0. The molecule has 7 amide bonds. The van der Waals surface area contributed by atoms with E-state index in [9.17, 15) is 61.1 Å². The third-order valence-electron chi connectivity index (χ3n) is 14.3. The van der Waals surface area contributed by atoms with Gasteiger partial charge < -0.3 is 55.3 Å². The zero-order valence-corrected chi connectivity index (χ0v) is 49.6. The fourth-order valence-corrected chi connectivity index (χ4v) is 9.63. The van der Waals surface area contributed by atoms with E-state index < -0.39 is 65.8 Å². The van der Waals surface area contributed by atoms with Crippen LogP contribution in [0, 0.1) is 29.6 Å². The molecular formula is C57H96F3N7O14. The summed E-state index contributed by atoms with van der Waals surface area (Å²) in [5, 5.41) is 13.4. The van der Waals surface area contributed by atoms with E-state index in [2.05, 4.69) is 26.6 Å². The number of unbranched alkanes of at least 4 members (excludes halogenated alkanes) is 2. The van der Waals surface area contributed by atoms with Crippen molar-refractivity contribution < 1.29 is 80.1 Å². The second-order valence-corrected chi connectivity index (χ2v) is 22.5. The molecule has 24 heteroatoms. The fourth-order valence-electron chi connectivity index (χ4n) is 9.63. The van der Waals surface area contributed by atoms with E-state index in [1.807, 2.05) is 27.7 Å². The third kappa shape index (κ3) is 27.7. The lowest BCUT2D eigenvalue weighted by Crippen LogP contribution is -2.57. The van der Waals surface area contributed by atoms with Gasteiger partial charge in [0.15, 0.2) is 5.78 Å². The molecule has 2 aliphatic rings. The molecule has 0 aliphatic carbocycles. The van der Waals surface area contributed by atoms with Crippen molar-refractivity contribution in [3.05, 3.63) is 0 Å². The highest BCUT2D eigenvalue weighted by Crippen LogP contribution is 2.28. The number of Topliss-reactive ketones (excluding diaryl/α,β-unsaturated/α-hetero) is 4. The van der Waals surface area contributed by atoms with E-state index in [0.717, 1.165) is 12.8 Å². The van der Waals surface area contributed by atoms with Crippen molar-refractivity contribution in [1.82, 2.24) is 36.4 Å². The van der Waals surface area contributed by atoms with Gasteiger partial charge in [0, 0.05) is 84.0 Å². The van der Waals surface area contributed by atoms with E-state index in [4.69, 9.17) is 18.9 Å². The minimum absolute atomic E-state index is 0.0614. The first-order valence-corrected chi connectivity index (χ1v) is 29.3. The molecule has 0 saturated carbocycles. The van der Waals surface area contributed by atoms with E-state index in [1.165, 1.54) is 30.6 Å². The summed E-state index contributed by atoms with van der Waals surface area (Å²) in [6.45, 7) is 19.0. The molecule has 3 unspecified atom stereocenters. The summed E-state index contributed by atoms with van der Waals surface area (Å²) in [6, 6.07) is -5.27. The Morgan fingerprint density at radius 1 is 0.494 bits per heavy atom. The van der Waals surface area contributed by atoms with Gasteiger partial charge in [0.05, 0.1) is 45.1 Å². The van der Waals surface area contributed by atoms with Crippen LogP contribution < -0.4 is 26.6 Å². The smallest absolute Gasteiger partial charge is 0.379 e. The van der Waals surface area contributed by atoms with Gasteiger partial charge >= 0.3 is 12.2 Å². The summed E-state index contributed by atoms with van der Waals surface area (Å²) < 4.78 is 61.8. The van der Waals surface area contributed by atoms with Gasteiger partial charge in [-0.25, -0.2) is 4.79 Å². The van der Waals surface area contributed by atoms with Gasteiger partial charge in [0.1, 0.15) is 29.7 Å². The van der Waals surface area contributed by atoms with Crippen LogP contribution >= 0.6 is 0 Å². The second kappa shape index (κ2) is 38.7. The maximum Gasteiger partial charge on any atom is 0.452 e. The number of carbonyl (C=O) groups excluding carboxylic acids is 10. The number of carbonyl (C=O) groups is 10. The van der Waals surface area contributed by atoms with Crippen LogP contribution in [0.3, 0.4) is 0 Å². The Kier molecular flexibility index (Phi) is 34.4. The predicted octanol–water partition coefficient (Wildman–Crippen LogP) is 5.18. The Labute approximate surface area is 477 Å². The number of nitrogens with one attached hydrogen (secondary N) is 5. The van der Waals surface area contributed by atoms with Crippen molar-refractivity contribution in [2.75, 3.05) is 79.0 Å². The highest BCUT2D eigenvalue weighted by Gasteiger charge is 2.47. The van der Waals surface area contributed by atoms with Crippen LogP contribution in [0.5, 0.6) is 0 Å². The second-order valence-electron chi connectivity index (χ2n) is 22.5. The van der Waals surface area contributed by atoms with Crippen LogP contribution in [-0.4, -0.2) is 184 Å². The zero-order chi connectivity index (χ0) is 60.7. The molecule has 0 bridgehead atoms. The Bertz CT molecular complexity index is 2010. The SMILES string of the molecule is CC(=O)C(NC(=O)[C@@H]1CCCN1C(=O)[C@@H](NC(=O)CCCOCCOCCCC(=O)CCCCCNC(=O)NCCOCCOCCCC(=O)C[C@H](C(=O)N1CCCC1C(=O)NC(C(=O)C(F)(F)F)C(C)C)C(C)C)C(C)C)C(C)C. The summed E-state index contributed by atoms with van der Waals surface area (Å²) in [6.07, 6.45) is 1.45. The molecule has 2 heterocycles. The Morgan fingerprint density at radius 2 is 0.951 bits per heavy atom. The molecule has 0 aromatic carbocycles. The number of urea groups is 1. The van der Waals surface area contributed by atoms with Crippen LogP contribution in [0.4, 0.5) is 18.0 Å². The van der Waals surface area contributed by atoms with Gasteiger partial charge in [-0.2, -0.15) is 13.2 Å². The number of ketones is 4. The first kappa shape index (κ1) is 72.0. The molecule has 0 aromatic rings. The maximum atomic E-state index is 13.6. The Balaban J connectivity index is 1.45. The number of amides is 7. The molecule has 0 radical (unpaired) electrons.